The van der Waals surface area contributed by atoms with Crippen molar-refractivity contribution in [2.45, 2.75) is 64.1 Å². The average molecular weight is 594 g/mol. The van der Waals surface area contributed by atoms with Gasteiger partial charge in [-0.05, 0) is 91.9 Å². The highest BCUT2D eigenvalue weighted by atomic mass is 16.6. The van der Waals surface area contributed by atoms with E-state index in [0.717, 1.165) is 52.3 Å². The van der Waals surface area contributed by atoms with Crippen LogP contribution in [-0.2, 0) is 26.1 Å². The van der Waals surface area contributed by atoms with Gasteiger partial charge in [0.25, 0.3) is 0 Å². The minimum absolute atomic E-state index is 0.138. The Bertz CT molecular complexity index is 1690. The number of fused-ring (bicyclic) bond motifs is 3. The molecule has 1 aliphatic heterocycles. The van der Waals surface area contributed by atoms with Gasteiger partial charge in [0.05, 0.1) is 19.1 Å². The number of nitrogens with zero attached hydrogens (tertiary/aromatic N) is 2. The summed E-state index contributed by atoms with van der Waals surface area (Å²) in [5.41, 5.74) is 11.4. The summed E-state index contributed by atoms with van der Waals surface area (Å²) in [5, 5.41) is 1.96. The standard InChI is InChI=1S/C36H39N3O5/c1-4-42-33(40)21-27-7-5-6-8-31(27)44-32-22-36(14-17-39(18-15-36)35(41)43-23(2)3)30-12-11-26(20-29(30)32)25-10-9-24-13-16-38-34(37)28(24)19-25/h5-13,16,19-20,23,32H,4,14-15,17-18,21-22H2,1-3H3,(H2,37,38). The van der Waals surface area contributed by atoms with E-state index in [1.165, 1.54) is 5.56 Å². The Kier molecular flexibility index (Phi) is 8.17. The summed E-state index contributed by atoms with van der Waals surface area (Å²) >= 11 is 0. The van der Waals surface area contributed by atoms with E-state index in [-0.39, 0.29) is 36.1 Å². The number of esters is 1. The van der Waals surface area contributed by atoms with Crippen LogP contribution < -0.4 is 10.5 Å². The molecule has 0 radical (unpaired) electrons. The van der Waals surface area contributed by atoms with Gasteiger partial charge in [0, 0.05) is 35.7 Å². The van der Waals surface area contributed by atoms with Crippen LogP contribution in [0.3, 0.4) is 0 Å². The summed E-state index contributed by atoms with van der Waals surface area (Å²) in [4.78, 5) is 31.2. The first-order valence-electron chi connectivity index (χ1n) is 15.4. The van der Waals surface area contributed by atoms with Crippen molar-refractivity contribution in [2.75, 3.05) is 25.4 Å². The first-order chi connectivity index (χ1) is 21.3. The fraction of sp³-hybridized carbons (Fsp3) is 0.361. The molecule has 2 heterocycles. The van der Waals surface area contributed by atoms with E-state index in [9.17, 15) is 9.59 Å². The molecule has 6 rings (SSSR count). The van der Waals surface area contributed by atoms with Crippen LogP contribution in [-0.4, -0.2) is 47.7 Å². The highest BCUT2D eigenvalue weighted by molar-refractivity contribution is 5.94. The van der Waals surface area contributed by atoms with Crippen LogP contribution >= 0.6 is 0 Å². The quantitative estimate of drug-likeness (QED) is 0.230. The Hall–Kier alpha value is -4.59. The number of anilines is 1. The molecule has 1 fully saturated rings. The highest BCUT2D eigenvalue weighted by Gasteiger charge is 2.47. The van der Waals surface area contributed by atoms with Gasteiger partial charge in [0.2, 0.25) is 0 Å². The lowest BCUT2D eigenvalue weighted by Gasteiger charge is -2.40. The lowest BCUT2D eigenvalue weighted by atomic mass is 9.73. The minimum Gasteiger partial charge on any atom is -0.485 e. The number of amides is 1. The summed E-state index contributed by atoms with van der Waals surface area (Å²) in [7, 11) is 0. The molecule has 0 saturated carbocycles. The van der Waals surface area contributed by atoms with Crippen LogP contribution in [0.2, 0.25) is 0 Å². The van der Waals surface area contributed by atoms with E-state index < -0.39 is 0 Å². The lowest BCUT2D eigenvalue weighted by Crippen LogP contribution is -2.45. The molecule has 1 saturated heterocycles. The smallest absolute Gasteiger partial charge is 0.410 e. The second kappa shape index (κ2) is 12.2. The third kappa shape index (κ3) is 5.81. The normalized spacial score (nSPS) is 17.1. The Labute approximate surface area is 258 Å². The van der Waals surface area contributed by atoms with Crippen LogP contribution in [0.15, 0.2) is 72.9 Å². The van der Waals surface area contributed by atoms with Gasteiger partial charge < -0.3 is 24.8 Å². The molecule has 1 spiro atoms. The van der Waals surface area contributed by atoms with Gasteiger partial charge in [-0.25, -0.2) is 9.78 Å². The van der Waals surface area contributed by atoms with E-state index >= 15 is 0 Å². The van der Waals surface area contributed by atoms with Crippen molar-refractivity contribution < 1.29 is 23.8 Å². The summed E-state index contributed by atoms with van der Waals surface area (Å²) in [6.45, 7) is 7.13. The number of carbonyl (C=O) groups excluding carboxylic acids is 2. The molecule has 8 nitrogen and oxygen atoms in total. The van der Waals surface area contributed by atoms with E-state index in [4.69, 9.17) is 19.9 Å². The number of aromatic nitrogens is 1. The number of rotatable bonds is 7. The predicted molar refractivity (Wildman–Crippen MR) is 170 cm³/mol. The van der Waals surface area contributed by atoms with Crippen molar-refractivity contribution in [1.29, 1.82) is 0 Å². The van der Waals surface area contributed by atoms with Gasteiger partial charge in [-0.1, -0.05) is 42.5 Å². The molecule has 228 valence electrons. The number of nitrogens with two attached hydrogens (primary N) is 1. The lowest BCUT2D eigenvalue weighted by molar-refractivity contribution is -0.142. The second-order valence-electron chi connectivity index (χ2n) is 12.0. The third-order valence-electron chi connectivity index (χ3n) is 8.87. The van der Waals surface area contributed by atoms with Gasteiger partial charge in [-0.2, -0.15) is 0 Å². The minimum atomic E-state index is -0.278. The molecule has 3 aromatic carbocycles. The molecular weight excluding hydrogens is 554 g/mol. The zero-order valence-corrected chi connectivity index (χ0v) is 25.5. The number of carbonyl (C=O) groups is 2. The molecule has 1 aromatic heterocycles. The molecule has 1 unspecified atom stereocenters. The topological polar surface area (TPSA) is 104 Å². The number of benzene rings is 3. The molecular formula is C36H39N3O5. The maximum atomic E-state index is 12.7. The summed E-state index contributed by atoms with van der Waals surface area (Å²) in [6.07, 6.45) is 3.64. The average Bonchev–Trinajstić information content (AvgIpc) is 3.30. The van der Waals surface area contributed by atoms with Gasteiger partial charge in [0.15, 0.2) is 0 Å². The van der Waals surface area contributed by atoms with Crippen molar-refractivity contribution in [2.24, 2.45) is 0 Å². The zero-order chi connectivity index (χ0) is 30.8. The maximum absolute atomic E-state index is 12.7. The largest absolute Gasteiger partial charge is 0.485 e. The van der Waals surface area contributed by atoms with E-state index in [1.54, 1.807) is 13.1 Å². The molecule has 2 aliphatic rings. The Morgan fingerprint density at radius 2 is 1.77 bits per heavy atom. The number of pyridine rings is 1. The molecule has 0 bridgehead atoms. The highest BCUT2D eigenvalue weighted by Crippen LogP contribution is 2.53. The van der Waals surface area contributed by atoms with Crippen LogP contribution in [0.5, 0.6) is 5.75 Å². The van der Waals surface area contributed by atoms with E-state index in [1.807, 2.05) is 49.1 Å². The summed E-state index contributed by atoms with van der Waals surface area (Å²) in [5.74, 6) is 0.910. The fourth-order valence-electron chi connectivity index (χ4n) is 6.69. The molecule has 4 aromatic rings. The number of hydrogen-bond donors (Lipinski definition) is 1. The summed E-state index contributed by atoms with van der Waals surface area (Å²) in [6, 6.07) is 22.6. The monoisotopic (exact) mass is 593 g/mol. The number of ether oxygens (including phenoxy) is 3. The Morgan fingerprint density at radius 3 is 2.55 bits per heavy atom. The SMILES string of the molecule is CCOC(=O)Cc1ccccc1OC1CC2(CCN(C(=O)OC(C)C)CC2)c2ccc(-c3ccc4ccnc(N)c4c3)cc21. The van der Waals surface area contributed by atoms with Crippen molar-refractivity contribution in [1.82, 2.24) is 9.88 Å². The molecule has 1 atom stereocenters. The first-order valence-corrected chi connectivity index (χ1v) is 15.4. The molecule has 2 N–H and O–H groups in total. The van der Waals surface area contributed by atoms with Gasteiger partial charge in [-0.3, -0.25) is 4.79 Å². The van der Waals surface area contributed by atoms with Crippen LogP contribution in [0, 0.1) is 0 Å². The van der Waals surface area contributed by atoms with Crippen molar-refractivity contribution in [3.05, 3.63) is 89.6 Å². The summed E-state index contributed by atoms with van der Waals surface area (Å²) < 4.78 is 17.5. The number of piperidine rings is 1. The Morgan fingerprint density at radius 1 is 1.02 bits per heavy atom. The first kappa shape index (κ1) is 29.5. The van der Waals surface area contributed by atoms with Gasteiger partial charge in [-0.15, -0.1) is 0 Å². The fourth-order valence-corrected chi connectivity index (χ4v) is 6.69. The molecule has 8 heteroatoms. The van der Waals surface area contributed by atoms with Crippen LogP contribution in [0.1, 0.15) is 62.8 Å². The molecule has 44 heavy (non-hydrogen) atoms. The maximum Gasteiger partial charge on any atom is 0.410 e. The van der Waals surface area contributed by atoms with Gasteiger partial charge in [0.1, 0.15) is 17.7 Å². The second-order valence-corrected chi connectivity index (χ2v) is 12.0. The van der Waals surface area contributed by atoms with Gasteiger partial charge >= 0.3 is 12.1 Å². The van der Waals surface area contributed by atoms with Crippen molar-refractivity contribution in [3.63, 3.8) is 0 Å². The molecule has 1 aliphatic carbocycles. The van der Waals surface area contributed by atoms with Crippen molar-refractivity contribution in [3.8, 4) is 16.9 Å². The number of para-hydroxylation sites is 1. The van der Waals surface area contributed by atoms with E-state index in [0.29, 0.717) is 31.3 Å². The molecule has 1 amide bonds. The number of hydrogen-bond acceptors (Lipinski definition) is 7. The zero-order valence-electron chi connectivity index (χ0n) is 25.5. The Balaban J connectivity index is 1.35. The van der Waals surface area contributed by atoms with Crippen LogP contribution in [0.25, 0.3) is 21.9 Å². The van der Waals surface area contributed by atoms with Crippen molar-refractivity contribution >= 4 is 28.7 Å². The van der Waals surface area contributed by atoms with E-state index in [2.05, 4.69) is 41.4 Å². The third-order valence-corrected chi connectivity index (χ3v) is 8.87. The number of likely N-dealkylation sites (tertiary alicyclic amines) is 1. The van der Waals surface area contributed by atoms with Crippen LogP contribution in [0.4, 0.5) is 10.6 Å². The number of nitrogen functional groups attached to an aromatic ring is 1. The predicted octanol–water partition coefficient (Wildman–Crippen LogP) is 6.99.